The lowest BCUT2D eigenvalue weighted by atomic mass is 10.1. The maximum absolute atomic E-state index is 5.48. The minimum atomic E-state index is 0.507. The molecule has 102 valence electrons. The number of thiophene rings is 1. The maximum Gasteiger partial charge on any atom is 0.0620 e. The van der Waals surface area contributed by atoms with Crippen molar-refractivity contribution in [3.63, 3.8) is 0 Å². The molecule has 2 atom stereocenters. The fourth-order valence-electron chi connectivity index (χ4n) is 2.29. The molecule has 1 aromatic heterocycles. The third-order valence-electron chi connectivity index (χ3n) is 3.48. The number of hydrogen-bond donors (Lipinski definition) is 2. The normalized spacial score (nSPS) is 22.1. The molecule has 3 nitrogen and oxygen atoms in total. The highest BCUT2D eigenvalue weighted by Gasteiger charge is 2.16. The summed E-state index contributed by atoms with van der Waals surface area (Å²) < 4.78 is 5.48. The zero-order valence-corrected chi connectivity index (χ0v) is 12.4. The average Bonchev–Trinajstić information content (AvgIpc) is 2.68. The van der Waals surface area contributed by atoms with Crippen molar-refractivity contribution in [1.29, 1.82) is 0 Å². The summed E-state index contributed by atoms with van der Waals surface area (Å²) in [7, 11) is 0. The zero-order valence-electron chi connectivity index (χ0n) is 11.6. The predicted molar refractivity (Wildman–Crippen MR) is 77.3 cm³/mol. The summed E-state index contributed by atoms with van der Waals surface area (Å²) in [6.45, 7) is 10.3. The molecule has 0 aromatic carbocycles. The lowest BCUT2D eigenvalue weighted by Gasteiger charge is -2.26. The molecule has 0 bridgehead atoms. The first-order valence-corrected chi connectivity index (χ1v) is 7.57. The highest BCUT2D eigenvalue weighted by molar-refractivity contribution is 7.12. The second-order valence-electron chi connectivity index (χ2n) is 5.20. The fraction of sp³-hybridized carbons (Fsp3) is 0.714. The van der Waals surface area contributed by atoms with Gasteiger partial charge in [-0.2, -0.15) is 0 Å². The Morgan fingerprint density at radius 3 is 3.00 bits per heavy atom. The fourth-order valence-corrected chi connectivity index (χ4v) is 3.30. The molecule has 2 rings (SSSR count). The molecule has 0 saturated carbocycles. The van der Waals surface area contributed by atoms with Crippen LogP contribution in [0, 0.1) is 13.8 Å². The van der Waals surface area contributed by atoms with Crippen LogP contribution in [0.15, 0.2) is 6.07 Å². The van der Waals surface area contributed by atoms with Crippen LogP contribution < -0.4 is 10.6 Å². The Bertz CT molecular complexity index is 352. The summed E-state index contributed by atoms with van der Waals surface area (Å²) in [6.07, 6.45) is 1.13. The van der Waals surface area contributed by atoms with Crippen molar-refractivity contribution in [2.45, 2.75) is 45.8 Å². The first kappa shape index (κ1) is 14.0. The average molecular weight is 268 g/mol. The first-order chi connectivity index (χ1) is 8.65. The highest BCUT2D eigenvalue weighted by atomic mass is 32.1. The van der Waals surface area contributed by atoms with Crippen molar-refractivity contribution in [3.05, 3.63) is 21.4 Å². The Morgan fingerprint density at radius 1 is 1.56 bits per heavy atom. The molecule has 2 heterocycles. The van der Waals surface area contributed by atoms with Crippen molar-refractivity contribution in [2.75, 3.05) is 19.8 Å². The van der Waals surface area contributed by atoms with Gasteiger partial charge in [-0.25, -0.2) is 0 Å². The molecule has 1 aliphatic rings. The molecule has 18 heavy (non-hydrogen) atoms. The molecule has 1 aromatic rings. The van der Waals surface area contributed by atoms with Crippen molar-refractivity contribution in [2.24, 2.45) is 0 Å². The van der Waals surface area contributed by atoms with Gasteiger partial charge in [0.05, 0.1) is 13.2 Å². The van der Waals surface area contributed by atoms with Crippen LogP contribution in [0.4, 0.5) is 0 Å². The number of ether oxygens (including phenoxy) is 1. The summed E-state index contributed by atoms with van der Waals surface area (Å²) in [6, 6.07) is 3.32. The number of nitrogens with one attached hydrogen (secondary N) is 2. The van der Waals surface area contributed by atoms with E-state index in [2.05, 4.69) is 37.5 Å². The van der Waals surface area contributed by atoms with E-state index in [0.717, 1.165) is 32.7 Å². The standard InChI is InChI=1S/C14H24N2OS/c1-10-6-14(18-12(10)3)8-16-11(2)7-13-9-17-5-4-15-13/h6,11,13,15-16H,4-5,7-9H2,1-3H3. The summed E-state index contributed by atoms with van der Waals surface area (Å²) >= 11 is 1.90. The number of hydrogen-bond acceptors (Lipinski definition) is 4. The quantitative estimate of drug-likeness (QED) is 0.859. The molecular weight excluding hydrogens is 244 g/mol. The largest absolute Gasteiger partial charge is 0.379 e. The second kappa shape index (κ2) is 6.66. The van der Waals surface area contributed by atoms with Gasteiger partial charge < -0.3 is 15.4 Å². The molecule has 1 fully saturated rings. The molecule has 1 saturated heterocycles. The number of aryl methyl sites for hydroxylation is 2. The monoisotopic (exact) mass is 268 g/mol. The van der Waals surface area contributed by atoms with E-state index < -0.39 is 0 Å². The topological polar surface area (TPSA) is 33.3 Å². The van der Waals surface area contributed by atoms with Gasteiger partial charge in [-0.15, -0.1) is 11.3 Å². The Labute approximate surface area is 114 Å². The summed E-state index contributed by atoms with van der Waals surface area (Å²) in [4.78, 5) is 2.87. The van der Waals surface area contributed by atoms with E-state index in [9.17, 15) is 0 Å². The van der Waals surface area contributed by atoms with E-state index in [-0.39, 0.29) is 0 Å². The van der Waals surface area contributed by atoms with Crippen molar-refractivity contribution >= 4 is 11.3 Å². The van der Waals surface area contributed by atoms with Crippen molar-refractivity contribution in [3.8, 4) is 0 Å². The molecule has 0 amide bonds. The second-order valence-corrected chi connectivity index (χ2v) is 6.54. The predicted octanol–water partition coefficient (Wildman–Crippen LogP) is 2.22. The van der Waals surface area contributed by atoms with E-state index in [0.29, 0.717) is 12.1 Å². The van der Waals surface area contributed by atoms with Crippen molar-refractivity contribution in [1.82, 2.24) is 10.6 Å². The summed E-state index contributed by atoms with van der Waals surface area (Å²) in [5.74, 6) is 0. The lowest BCUT2D eigenvalue weighted by Crippen LogP contribution is -2.44. The van der Waals surface area contributed by atoms with Gasteiger partial charge in [-0.1, -0.05) is 0 Å². The summed E-state index contributed by atoms with van der Waals surface area (Å²) in [5.41, 5.74) is 1.41. The molecule has 2 unspecified atom stereocenters. The van der Waals surface area contributed by atoms with E-state index in [1.807, 2.05) is 11.3 Å². The maximum atomic E-state index is 5.48. The van der Waals surface area contributed by atoms with Gasteiger partial charge >= 0.3 is 0 Å². The Hall–Kier alpha value is -0.420. The highest BCUT2D eigenvalue weighted by Crippen LogP contribution is 2.20. The molecule has 0 aliphatic carbocycles. The van der Waals surface area contributed by atoms with Gasteiger partial charge in [0.15, 0.2) is 0 Å². The van der Waals surface area contributed by atoms with Crippen LogP contribution in [0.1, 0.15) is 28.7 Å². The molecule has 0 spiro atoms. The minimum Gasteiger partial charge on any atom is -0.379 e. The summed E-state index contributed by atoms with van der Waals surface area (Å²) in [5, 5.41) is 7.10. The van der Waals surface area contributed by atoms with Crippen LogP contribution in [0.3, 0.4) is 0 Å². The van der Waals surface area contributed by atoms with Crippen LogP contribution in [0.25, 0.3) is 0 Å². The van der Waals surface area contributed by atoms with Gasteiger partial charge in [0.25, 0.3) is 0 Å². The van der Waals surface area contributed by atoms with Crippen LogP contribution in [0.5, 0.6) is 0 Å². The van der Waals surface area contributed by atoms with Gasteiger partial charge in [0.1, 0.15) is 0 Å². The molecule has 0 radical (unpaired) electrons. The van der Waals surface area contributed by atoms with E-state index >= 15 is 0 Å². The van der Waals surface area contributed by atoms with Gasteiger partial charge in [0, 0.05) is 34.9 Å². The number of morpholine rings is 1. The van der Waals surface area contributed by atoms with Gasteiger partial charge in [-0.05, 0) is 38.8 Å². The van der Waals surface area contributed by atoms with E-state index in [4.69, 9.17) is 4.74 Å². The first-order valence-electron chi connectivity index (χ1n) is 6.75. The lowest BCUT2D eigenvalue weighted by molar-refractivity contribution is 0.0712. The smallest absolute Gasteiger partial charge is 0.0620 e. The van der Waals surface area contributed by atoms with Gasteiger partial charge in [0.2, 0.25) is 0 Å². The van der Waals surface area contributed by atoms with E-state index in [1.54, 1.807) is 0 Å². The third-order valence-corrected chi connectivity index (χ3v) is 4.63. The van der Waals surface area contributed by atoms with Gasteiger partial charge in [-0.3, -0.25) is 0 Å². The van der Waals surface area contributed by atoms with Crippen molar-refractivity contribution < 1.29 is 4.74 Å². The SMILES string of the molecule is Cc1cc(CNC(C)CC2COCCN2)sc1C. The van der Waals surface area contributed by atoms with Crippen LogP contribution >= 0.6 is 11.3 Å². The minimum absolute atomic E-state index is 0.507. The Balaban J connectivity index is 1.72. The third kappa shape index (κ3) is 4.05. The Morgan fingerprint density at radius 2 is 2.39 bits per heavy atom. The molecule has 2 N–H and O–H groups in total. The molecule has 4 heteroatoms. The Kier molecular flexibility index (Phi) is 5.18. The van der Waals surface area contributed by atoms with Crippen LogP contribution in [-0.4, -0.2) is 31.8 Å². The number of rotatable bonds is 5. The van der Waals surface area contributed by atoms with Crippen LogP contribution in [-0.2, 0) is 11.3 Å². The zero-order chi connectivity index (χ0) is 13.0. The molecular formula is C14H24N2OS. The van der Waals surface area contributed by atoms with E-state index in [1.165, 1.54) is 15.3 Å². The molecule has 1 aliphatic heterocycles. The van der Waals surface area contributed by atoms with Crippen LogP contribution in [0.2, 0.25) is 0 Å².